The largest absolute Gasteiger partial charge is 0.381 e. The number of carbonyl (C=O) groups excluding carboxylic acids is 1. The molecule has 0 N–H and O–H groups in total. The first-order valence-corrected chi connectivity index (χ1v) is 6.48. The minimum atomic E-state index is -0.706. The zero-order chi connectivity index (χ0) is 12.5. The van der Waals surface area contributed by atoms with E-state index in [9.17, 15) is 4.79 Å². The molecule has 4 nitrogen and oxygen atoms in total. The second-order valence-corrected chi connectivity index (χ2v) is 5.63. The second kappa shape index (κ2) is 4.94. The van der Waals surface area contributed by atoms with Crippen molar-refractivity contribution >= 4 is 5.91 Å². The minimum absolute atomic E-state index is 0.120. The van der Waals surface area contributed by atoms with Crippen molar-refractivity contribution in [2.45, 2.75) is 44.8 Å². The molecular formula is C13H23NO3. The van der Waals surface area contributed by atoms with Crippen LogP contribution in [0.2, 0.25) is 0 Å². The number of methoxy groups -OCH3 is 1. The molecular weight excluding hydrogens is 218 g/mol. The Morgan fingerprint density at radius 1 is 1.41 bits per heavy atom. The van der Waals surface area contributed by atoms with Gasteiger partial charge in [-0.1, -0.05) is 0 Å². The van der Waals surface area contributed by atoms with Crippen molar-refractivity contribution in [2.75, 3.05) is 26.9 Å². The van der Waals surface area contributed by atoms with Crippen LogP contribution in [0.1, 0.15) is 33.1 Å². The smallest absolute Gasteiger partial charge is 0.254 e. The molecule has 1 amide bonds. The van der Waals surface area contributed by atoms with Gasteiger partial charge in [0.1, 0.15) is 5.60 Å². The van der Waals surface area contributed by atoms with Crippen molar-refractivity contribution in [1.29, 1.82) is 0 Å². The topological polar surface area (TPSA) is 38.8 Å². The standard InChI is InChI=1S/C13H23NO3/c1-13(2,16-3)12(15)14(11-4-5-11)8-10-6-7-17-9-10/h10-11H,4-9H2,1-3H3. The average Bonchev–Trinajstić information content (AvgIpc) is 3.03. The van der Waals surface area contributed by atoms with Crippen molar-refractivity contribution in [2.24, 2.45) is 5.92 Å². The maximum Gasteiger partial charge on any atom is 0.254 e. The molecule has 0 aromatic heterocycles. The summed E-state index contributed by atoms with van der Waals surface area (Å²) in [6, 6.07) is 0.442. The number of carbonyl (C=O) groups is 1. The molecule has 4 heteroatoms. The summed E-state index contributed by atoms with van der Waals surface area (Å²) in [6.45, 7) is 6.15. The lowest BCUT2D eigenvalue weighted by atomic mass is 10.0. The Morgan fingerprint density at radius 2 is 2.12 bits per heavy atom. The summed E-state index contributed by atoms with van der Waals surface area (Å²) in [5.74, 6) is 0.626. The third-order valence-electron chi connectivity index (χ3n) is 3.75. The van der Waals surface area contributed by atoms with E-state index in [4.69, 9.17) is 9.47 Å². The van der Waals surface area contributed by atoms with Crippen LogP contribution >= 0.6 is 0 Å². The van der Waals surface area contributed by atoms with E-state index in [1.54, 1.807) is 7.11 Å². The van der Waals surface area contributed by atoms with E-state index in [-0.39, 0.29) is 5.91 Å². The maximum atomic E-state index is 12.4. The highest BCUT2D eigenvalue weighted by atomic mass is 16.5. The van der Waals surface area contributed by atoms with E-state index in [1.807, 2.05) is 18.7 Å². The normalized spacial score (nSPS) is 25.0. The Morgan fingerprint density at radius 3 is 2.59 bits per heavy atom. The SMILES string of the molecule is COC(C)(C)C(=O)N(CC1CCOC1)C1CC1. The zero-order valence-electron chi connectivity index (χ0n) is 11.1. The summed E-state index contributed by atoms with van der Waals surface area (Å²) >= 11 is 0. The van der Waals surface area contributed by atoms with Crippen molar-refractivity contribution in [3.05, 3.63) is 0 Å². The van der Waals surface area contributed by atoms with Gasteiger partial charge in [0.05, 0.1) is 6.61 Å². The average molecular weight is 241 g/mol. The Balaban J connectivity index is 1.98. The van der Waals surface area contributed by atoms with Crippen LogP contribution < -0.4 is 0 Å². The van der Waals surface area contributed by atoms with Crippen molar-refractivity contribution in [1.82, 2.24) is 4.90 Å². The highest BCUT2D eigenvalue weighted by Gasteiger charge is 2.40. The molecule has 1 atom stereocenters. The number of hydrogen-bond acceptors (Lipinski definition) is 3. The third-order valence-corrected chi connectivity index (χ3v) is 3.75. The van der Waals surface area contributed by atoms with Gasteiger partial charge in [-0.2, -0.15) is 0 Å². The number of hydrogen-bond donors (Lipinski definition) is 0. The molecule has 2 aliphatic rings. The van der Waals surface area contributed by atoms with Crippen LogP contribution in [-0.2, 0) is 14.3 Å². The Bertz CT molecular complexity index is 280. The van der Waals surface area contributed by atoms with E-state index in [1.165, 1.54) is 0 Å². The van der Waals surface area contributed by atoms with Crippen LogP contribution in [0.4, 0.5) is 0 Å². The van der Waals surface area contributed by atoms with Gasteiger partial charge in [0.15, 0.2) is 0 Å². The van der Waals surface area contributed by atoms with Gasteiger partial charge in [0.25, 0.3) is 5.91 Å². The summed E-state index contributed by atoms with van der Waals surface area (Å²) in [5, 5.41) is 0. The summed E-state index contributed by atoms with van der Waals surface area (Å²) in [4.78, 5) is 14.4. The number of amides is 1. The van der Waals surface area contributed by atoms with Gasteiger partial charge in [0.2, 0.25) is 0 Å². The predicted molar refractivity (Wildman–Crippen MR) is 64.7 cm³/mol. The van der Waals surface area contributed by atoms with Crippen molar-refractivity contribution in [3.8, 4) is 0 Å². The molecule has 1 unspecified atom stereocenters. The molecule has 0 bridgehead atoms. The second-order valence-electron chi connectivity index (χ2n) is 5.63. The van der Waals surface area contributed by atoms with Crippen LogP contribution in [-0.4, -0.2) is 49.3 Å². The lowest BCUT2D eigenvalue weighted by Crippen LogP contribution is -2.49. The number of rotatable bonds is 5. The molecule has 1 saturated carbocycles. The molecule has 1 saturated heterocycles. The van der Waals surface area contributed by atoms with E-state index in [0.717, 1.165) is 39.0 Å². The Kier molecular flexibility index (Phi) is 3.73. The van der Waals surface area contributed by atoms with Crippen LogP contribution in [0, 0.1) is 5.92 Å². The Hall–Kier alpha value is -0.610. The van der Waals surface area contributed by atoms with E-state index in [2.05, 4.69) is 0 Å². The lowest BCUT2D eigenvalue weighted by molar-refractivity contribution is -0.152. The van der Waals surface area contributed by atoms with Gasteiger partial charge in [-0.3, -0.25) is 4.79 Å². The molecule has 0 aromatic carbocycles. The highest BCUT2D eigenvalue weighted by Crippen LogP contribution is 2.31. The summed E-state index contributed by atoms with van der Waals surface area (Å²) in [5.41, 5.74) is -0.706. The Labute approximate surface area is 103 Å². The van der Waals surface area contributed by atoms with Crippen LogP contribution in [0.15, 0.2) is 0 Å². The summed E-state index contributed by atoms with van der Waals surface area (Å²) in [7, 11) is 1.60. The van der Waals surface area contributed by atoms with Gasteiger partial charge in [0, 0.05) is 32.2 Å². The van der Waals surface area contributed by atoms with Crippen LogP contribution in [0.3, 0.4) is 0 Å². The predicted octanol–water partition coefficient (Wildman–Crippen LogP) is 1.44. The van der Waals surface area contributed by atoms with Gasteiger partial charge in [-0.05, 0) is 33.1 Å². The van der Waals surface area contributed by atoms with E-state index >= 15 is 0 Å². The molecule has 98 valence electrons. The first-order chi connectivity index (χ1) is 8.04. The molecule has 1 aliphatic heterocycles. The summed E-state index contributed by atoms with van der Waals surface area (Å²) in [6.07, 6.45) is 3.35. The first kappa shape index (κ1) is 12.8. The zero-order valence-corrected chi connectivity index (χ0v) is 11.1. The van der Waals surface area contributed by atoms with E-state index in [0.29, 0.717) is 12.0 Å². The monoisotopic (exact) mass is 241 g/mol. The molecule has 17 heavy (non-hydrogen) atoms. The van der Waals surface area contributed by atoms with Crippen LogP contribution in [0.25, 0.3) is 0 Å². The number of nitrogens with zero attached hydrogens (tertiary/aromatic N) is 1. The quantitative estimate of drug-likeness (QED) is 0.731. The van der Waals surface area contributed by atoms with Gasteiger partial charge >= 0.3 is 0 Å². The van der Waals surface area contributed by atoms with Crippen molar-refractivity contribution < 1.29 is 14.3 Å². The third kappa shape index (κ3) is 2.99. The number of ether oxygens (including phenoxy) is 2. The maximum absolute atomic E-state index is 12.4. The highest BCUT2D eigenvalue weighted by molar-refractivity contribution is 5.85. The minimum Gasteiger partial charge on any atom is -0.381 e. The summed E-state index contributed by atoms with van der Waals surface area (Å²) < 4.78 is 10.7. The lowest BCUT2D eigenvalue weighted by Gasteiger charge is -2.32. The fourth-order valence-corrected chi connectivity index (χ4v) is 2.22. The van der Waals surface area contributed by atoms with Gasteiger partial charge in [-0.15, -0.1) is 0 Å². The molecule has 0 radical (unpaired) electrons. The molecule has 1 aliphatic carbocycles. The van der Waals surface area contributed by atoms with Crippen molar-refractivity contribution in [3.63, 3.8) is 0 Å². The van der Waals surface area contributed by atoms with Gasteiger partial charge < -0.3 is 14.4 Å². The molecule has 1 heterocycles. The first-order valence-electron chi connectivity index (χ1n) is 6.48. The van der Waals surface area contributed by atoms with Crippen LogP contribution in [0.5, 0.6) is 0 Å². The fraction of sp³-hybridized carbons (Fsp3) is 0.923. The van der Waals surface area contributed by atoms with E-state index < -0.39 is 5.60 Å². The fourth-order valence-electron chi connectivity index (χ4n) is 2.22. The molecule has 0 aromatic rings. The molecule has 2 rings (SSSR count). The molecule has 2 fully saturated rings. The molecule has 0 spiro atoms. The van der Waals surface area contributed by atoms with Gasteiger partial charge in [-0.25, -0.2) is 0 Å².